The lowest BCUT2D eigenvalue weighted by Gasteiger charge is -2.43. The number of imide groups is 1. The van der Waals surface area contributed by atoms with Crippen molar-refractivity contribution in [3.63, 3.8) is 0 Å². The Morgan fingerprint density at radius 3 is 2.35 bits per heavy atom. The molecule has 336 valence electrons. The van der Waals surface area contributed by atoms with E-state index in [-0.39, 0.29) is 37.7 Å². The Balaban J connectivity index is 0.964. The van der Waals surface area contributed by atoms with E-state index in [1.807, 2.05) is 0 Å². The van der Waals surface area contributed by atoms with E-state index in [2.05, 4.69) is 46.5 Å². The topological polar surface area (TPSA) is 337 Å². The number of imidazole rings is 1. The summed E-state index contributed by atoms with van der Waals surface area (Å²) in [5.74, 6) is -4.33. The van der Waals surface area contributed by atoms with Gasteiger partial charge in [-0.25, -0.2) is 19.7 Å². The summed E-state index contributed by atoms with van der Waals surface area (Å²) in [7, 11) is 0. The van der Waals surface area contributed by atoms with Gasteiger partial charge in [-0.3, -0.25) is 43.4 Å². The molecule has 0 aliphatic carbocycles. The summed E-state index contributed by atoms with van der Waals surface area (Å²) < 4.78 is 11.2. The van der Waals surface area contributed by atoms with E-state index >= 15 is 0 Å². The number of carbonyl (C=O) groups is 8. The minimum atomic E-state index is -1.68. The van der Waals surface area contributed by atoms with Crippen molar-refractivity contribution in [2.75, 3.05) is 30.3 Å². The number of carbonyl (C=O) groups excluding carboxylic acids is 8. The molecule has 5 heterocycles. The Hall–Kier alpha value is -6.89. The van der Waals surface area contributed by atoms with Crippen LogP contribution in [0.2, 0.25) is 0 Å². The molecule has 6 rings (SSSR count). The molecule has 3 aromatic rings. The molecule has 0 saturated carbocycles. The monoisotopic (exact) mass is 877 g/mol. The second-order valence-electron chi connectivity index (χ2n) is 15.3. The fourth-order valence-corrected chi connectivity index (χ4v) is 6.98. The molecule has 3 aliphatic rings. The molecule has 1 aromatic carbocycles. The van der Waals surface area contributed by atoms with E-state index in [0.717, 1.165) is 22.0 Å². The Morgan fingerprint density at radius 1 is 0.952 bits per heavy atom. The number of hydrogen-bond acceptors (Lipinski definition) is 17. The number of Topliss-reactive ketones (excluding diaryl/α,β-unsaturated/α-hetero) is 1. The first kappa shape index (κ1) is 45.6. The average molecular weight is 878 g/mol. The highest BCUT2D eigenvalue weighted by molar-refractivity contribution is 6.13. The number of benzene rings is 1. The van der Waals surface area contributed by atoms with Gasteiger partial charge in [-0.1, -0.05) is 26.0 Å². The van der Waals surface area contributed by atoms with Crippen LogP contribution in [0.1, 0.15) is 39.2 Å². The molecule has 24 nitrogen and oxygen atoms in total. The van der Waals surface area contributed by atoms with Crippen molar-refractivity contribution >= 4 is 70.0 Å². The van der Waals surface area contributed by atoms with Crippen LogP contribution in [0.15, 0.2) is 49.1 Å². The van der Waals surface area contributed by atoms with Gasteiger partial charge in [0.15, 0.2) is 23.5 Å². The summed E-state index contributed by atoms with van der Waals surface area (Å²) in [5.41, 5.74) is 1.51. The normalized spacial score (nSPS) is 23.1. The van der Waals surface area contributed by atoms with Crippen LogP contribution in [0, 0.1) is 5.92 Å². The van der Waals surface area contributed by atoms with Crippen molar-refractivity contribution in [1.29, 1.82) is 0 Å². The lowest BCUT2D eigenvalue weighted by atomic mass is 9.95. The van der Waals surface area contributed by atoms with Crippen molar-refractivity contribution in [2.45, 2.75) is 88.9 Å². The number of nitrogens with one attached hydrogen (secondary N) is 6. The molecule has 2 fully saturated rings. The molecule has 63 heavy (non-hydrogen) atoms. The fraction of sp³-hybridized carbons (Fsp3) is 0.462. The number of aromatic amines is 1. The number of ether oxygens (including phenoxy) is 2. The van der Waals surface area contributed by atoms with Crippen molar-refractivity contribution in [3.8, 4) is 0 Å². The van der Waals surface area contributed by atoms with Gasteiger partial charge in [-0.05, 0) is 30.5 Å². The van der Waals surface area contributed by atoms with Gasteiger partial charge in [0.2, 0.25) is 23.6 Å². The molecule has 7 amide bonds. The van der Waals surface area contributed by atoms with Crippen molar-refractivity contribution in [1.82, 2.24) is 45.7 Å². The summed E-state index contributed by atoms with van der Waals surface area (Å²) >= 11 is 0. The molecule has 8 atom stereocenters. The van der Waals surface area contributed by atoms with E-state index in [4.69, 9.17) is 9.47 Å². The van der Waals surface area contributed by atoms with Crippen molar-refractivity contribution in [3.05, 3.63) is 54.6 Å². The third-order valence-corrected chi connectivity index (χ3v) is 10.5. The third-order valence-electron chi connectivity index (χ3n) is 10.5. The zero-order valence-corrected chi connectivity index (χ0v) is 34.2. The minimum absolute atomic E-state index is 0.157. The number of fused-ring (bicyclic) bond motifs is 1. The second-order valence-corrected chi connectivity index (χ2v) is 15.3. The smallest absolute Gasteiger partial charge is 0.411 e. The molecular formula is C39H47N11O13. The van der Waals surface area contributed by atoms with Gasteiger partial charge in [-0.15, -0.1) is 0 Å². The van der Waals surface area contributed by atoms with Gasteiger partial charge in [0.25, 0.3) is 11.8 Å². The quantitative estimate of drug-likeness (QED) is 0.0676. The lowest BCUT2D eigenvalue weighted by Crippen LogP contribution is -2.67. The highest BCUT2D eigenvalue weighted by Crippen LogP contribution is 2.26. The number of aromatic nitrogens is 4. The van der Waals surface area contributed by atoms with E-state index in [0.29, 0.717) is 22.4 Å². The van der Waals surface area contributed by atoms with Crippen LogP contribution in [-0.2, 0) is 49.6 Å². The van der Waals surface area contributed by atoms with Gasteiger partial charge in [0.05, 0.1) is 25.5 Å². The Labute approximate surface area is 358 Å². The molecule has 2 saturated heterocycles. The molecule has 0 unspecified atom stereocenters. The van der Waals surface area contributed by atoms with Gasteiger partial charge < -0.3 is 56.4 Å². The van der Waals surface area contributed by atoms with Crippen LogP contribution in [-0.4, -0.2) is 161 Å². The number of H-pyrrole nitrogens is 1. The second kappa shape index (κ2) is 19.9. The van der Waals surface area contributed by atoms with E-state index < -0.39 is 109 Å². The molecule has 0 radical (unpaired) electrons. The maximum absolute atomic E-state index is 13.5. The van der Waals surface area contributed by atoms with Crippen molar-refractivity contribution < 1.29 is 63.1 Å². The SMILES string of the molecule is CC(C)[C@H](NC(=O)CCN1C(=O)C=CC1=O)C(=O)N[C@@H](C)C(=O)Nc1ccc(COC(=O)N2CC(=O)C[C@H]2C(=O)N[C@@H]2[C@@H](O)[C@H](O)[C@@H](Nc3ncnc4nc[nH]c34)O[C@H]2CO)cc1. The number of aliphatic hydroxyl groups is 3. The minimum Gasteiger partial charge on any atom is -0.445 e. The summed E-state index contributed by atoms with van der Waals surface area (Å²) in [6.45, 7) is 3.26. The number of rotatable bonds is 16. The number of anilines is 2. The number of amides is 7. The maximum atomic E-state index is 13.5. The van der Waals surface area contributed by atoms with Crippen LogP contribution in [0.4, 0.5) is 16.3 Å². The van der Waals surface area contributed by atoms with Crippen LogP contribution in [0.5, 0.6) is 0 Å². The Morgan fingerprint density at radius 2 is 1.67 bits per heavy atom. The number of likely N-dealkylation sites (tertiary alicyclic amines) is 1. The predicted octanol–water partition coefficient (Wildman–Crippen LogP) is -2.43. The predicted molar refractivity (Wildman–Crippen MR) is 215 cm³/mol. The Kier molecular flexibility index (Phi) is 14.4. The molecule has 9 N–H and O–H groups in total. The first-order chi connectivity index (χ1) is 30.0. The van der Waals surface area contributed by atoms with E-state index in [1.165, 1.54) is 31.7 Å². The first-order valence-electron chi connectivity index (χ1n) is 19.9. The molecule has 2 aromatic heterocycles. The molecule has 0 spiro atoms. The molecular weight excluding hydrogens is 830 g/mol. The number of nitrogens with zero attached hydrogens (tertiary/aromatic N) is 5. The van der Waals surface area contributed by atoms with E-state index in [9.17, 15) is 53.7 Å². The summed E-state index contributed by atoms with van der Waals surface area (Å²) in [5, 5.41) is 45.2. The van der Waals surface area contributed by atoms with Crippen LogP contribution in [0.25, 0.3) is 11.2 Å². The van der Waals surface area contributed by atoms with Crippen molar-refractivity contribution in [2.24, 2.45) is 5.92 Å². The van der Waals surface area contributed by atoms with Crippen LogP contribution >= 0.6 is 0 Å². The Bertz CT molecular complexity index is 2250. The van der Waals surface area contributed by atoms with Gasteiger partial charge in [0.1, 0.15) is 54.9 Å². The lowest BCUT2D eigenvalue weighted by molar-refractivity contribution is -0.185. The number of hydrogen-bond donors (Lipinski definition) is 9. The highest BCUT2D eigenvalue weighted by atomic mass is 16.6. The summed E-state index contributed by atoms with van der Waals surface area (Å²) in [6.07, 6.45) is -2.63. The van der Waals surface area contributed by atoms with Crippen LogP contribution in [0.3, 0.4) is 0 Å². The molecule has 24 heteroatoms. The van der Waals surface area contributed by atoms with Crippen LogP contribution < -0.4 is 26.6 Å². The van der Waals surface area contributed by atoms with Gasteiger partial charge in [0, 0.05) is 37.2 Å². The molecule has 0 bridgehead atoms. The maximum Gasteiger partial charge on any atom is 0.411 e. The fourth-order valence-electron chi connectivity index (χ4n) is 6.98. The number of ketones is 1. The zero-order valence-electron chi connectivity index (χ0n) is 34.2. The molecule has 3 aliphatic heterocycles. The zero-order chi connectivity index (χ0) is 45.5. The number of aliphatic hydroxyl groups excluding tert-OH is 3. The standard InChI is InChI=1S/C39H47N11O13/c1-18(2)28(46-25(53)10-11-49-26(54)8-9-27(49)55)37(60)44-19(3)35(58)45-21-6-4-20(5-7-21)15-62-39(61)50-13-22(52)12-23(50)36(59)47-29-24(14-51)63-38(32(57)31(29)56)48-34-30-33(41-16-40-30)42-17-43-34/h4-9,16-19,23-24,28-29,31-32,38,51,56-57H,10-15H2,1-3H3,(H,44,60)(H,45,58)(H,46,53)(H,47,59)(H2,40,41,42,43,48)/t19-,23-,24-,28-,29-,31+,32-,38-/m0/s1. The summed E-state index contributed by atoms with van der Waals surface area (Å²) in [4.78, 5) is 118. The van der Waals surface area contributed by atoms with E-state index in [1.54, 1.807) is 26.0 Å². The summed E-state index contributed by atoms with van der Waals surface area (Å²) in [6, 6.07) is 1.36. The first-order valence-corrected chi connectivity index (χ1v) is 19.9. The third kappa shape index (κ3) is 10.8. The van der Waals surface area contributed by atoms with Gasteiger partial charge in [-0.2, -0.15) is 0 Å². The highest BCUT2D eigenvalue weighted by Gasteiger charge is 2.48. The average Bonchev–Trinajstić information content (AvgIpc) is 3.99. The van der Waals surface area contributed by atoms with Gasteiger partial charge >= 0.3 is 6.09 Å². The largest absolute Gasteiger partial charge is 0.445 e.